The molecule has 0 aromatic heterocycles. The molecular weight excluding hydrogens is 316 g/mol. The third-order valence-corrected chi connectivity index (χ3v) is 3.53. The molecule has 0 aliphatic carbocycles. The van der Waals surface area contributed by atoms with Gasteiger partial charge in [0.05, 0.1) is 13.2 Å². The Morgan fingerprint density at radius 2 is 1.32 bits per heavy atom. The Morgan fingerprint density at radius 1 is 0.840 bits per heavy atom. The summed E-state index contributed by atoms with van der Waals surface area (Å²) in [5, 5.41) is 0. The van der Waals surface area contributed by atoms with Crippen LogP contribution >= 0.6 is 0 Å². The Kier molecular flexibility index (Phi) is 21.0. The van der Waals surface area contributed by atoms with Crippen molar-refractivity contribution in [3.63, 3.8) is 0 Å². The van der Waals surface area contributed by atoms with Crippen LogP contribution in [0.25, 0.3) is 0 Å². The SMILES string of the molecule is C=C(C)C(=O)OCCCCCCCCCCCC.C=CC(=O)OCC. The molecule has 0 N–H and O–H groups in total. The van der Waals surface area contributed by atoms with Crippen LogP contribution in [0.3, 0.4) is 0 Å². The van der Waals surface area contributed by atoms with E-state index in [1.54, 1.807) is 13.8 Å². The maximum Gasteiger partial charge on any atom is 0.333 e. The third-order valence-electron chi connectivity index (χ3n) is 3.53. The molecule has 0 radical (unpaired) electrons. The highest BCUT2D eigenvalue weighted by Gasteiger charge is 2.01. The minimum atomic E-state index is -0.359. The van der Waals surface area contributed by atoms with Crippen LogP contribution in [0.15, 0.2) is 24.8 Å². The predicted octanol–water partition coefficient (Wildman–Crippen LogP) is 5.76. The molecule has 0 aliphatic rings. The molecule has 0 amide bonds. The van der Waals surface area contributed by atoms with Gasteiger partial charge in [0.1, 0.15) is 0 Å². The van der Waals surface area contributed by atoms with E-state index in [0.29, 0.717) is 18.8 Å². The van der Waals surface area contributed by atoms with Crippen LogP contribution in [0.4, 0.5) is 0 Å². The standard InChI is InChI=1S/C16H30O2.C5H8O2/c1-4-5-6-7-8-9-10-11-12-13-14-18-16(17)15(2)3;1-3-5(6)7-4-2/h2,4-14H2,1,3H3;3H,1,4H2,2H3. The largest absolute Gasteiger partial charge is 0.463 e. The molecule has 0 aliphatic heterocycles. The van der Waals surface area contributed by atoms with Crippen molar-refractivity contribution in [2.75, 3.05) is 13.2 Å². The fourth-order valence-corrected chi connectivity index (χ4v) is 2.08. The molecule has 0 atom stereocenters. The van der Waals surface area contributed by atoms with Crippen molar-refractivity contribution in [1.82, 2.24) is 0 Å². The van der Waals surface area contributed by atoms with Gasteiger partial charge in [-0.1, -0.05) is 77.9 Å². The number of carbonyl (C=O) groups excluding carboxylic acids is 2. The zero-order chi connectivity index (χ0) is 19.3. The van der Waals surface area contributed by atoms with Crippen LogP contribution in [-0.2, 0) is 19.1 Å². The molecule has 146 valence electrons. The van der Waals surface area contributed by atoms with Crippen LogP contribution in [0.5, 0.6) is 0 Å². The maximum atomic E-state index is 11.1. The Hall–Kier alpha value is -1.58. The lowest BCUT2D eigenvalue weighted by Crippen LogP contribution is -2.05. The normalized spacial score (nSPS) is 9.56. The summed E-state index contributed by atoms with van der Waals surface area (Å²) in [7, 11) is 0. The number of rotatable bonds is 14. The summed E-state index contributed by atoms with van der Waals surface area (Å²) in [5.74, 6) is -0.617. The van der Waals surface area contributed by atoms with E-state index in [2.05, 4.69) is 24.8 Å². The number of carbonyl (C=O) groups is 2. The van der Waals surface area contributed by atoms with Gasteiger partial charge in [0.2, 0.25) is 0 Å². The van der Waals surface area contributed by atoms with Crippen LogP contribution in [-0.4, -0.2) is 25.2 Å². The van der Waals surface area contributed by atoms with Crippen molar-refractivity contribution in [2.45, 2.75) is 85.0 Å². The Morgan fingerprint density at radius 3 is 1.68 bits per heavy atom. The summed E-state index contributed by atoms with van der Waals surface area (Å²) >= 11 is 0. The fourth-order valence-electron chi connectivity index (χ4n) is 2.08. The van der Waals surface area contributed by atoms with Crippen molar-refractivity contribution >= 4 is 11.9 Å². The third kappa shape index (κ3) is 22.4. The van der Waals surface area contributed by atoms with E-state index in [4.69, 9.17) is 4.74 Å². The minimum Gasteiger partial charge on any atom is -0.463 e. The smallest absolute Gasteiger partial charge is 0.333 e. The first-order valence-corrected chi connectivity index (χ1v) is 9.61. The molecule has 4 heteroatoms. The lowest BCUT2D eigenvalue weighted by Gasteiger charge is -2.04. The van der Waals surface area contributed by atoms with Gasteiger partial charge in [-0.25, -0.2) is 9.59 Å². The molecule has 0 rings (SSSR count). The number of hydrogen-bond acceptors (Lipinski definition) is 4. The first kappa shape index (κ1) is 25.7. The van der Waals surface area contributed by atoms with Gasteiger partial charge >= 0.3 is 11.9 Å². The topological polar surface area (TPSA) is 52.6 Å². The highest BCUT2D eigenvalue weighted by Crippen LogP contribution is 2.10. The summed E-state index contributed by atoms with van der Waals surface area (Å²) in [4.78, 5) is 21.2. The summed E-state index contributed by atoms with van der Waals surface area (Å²) in [5.41, 5.74) is 0.488. The molecule has 0 saturated carbocycles. The first-order valence-electron chi connectivity index (χ1n) is 9.61. The minimum absolute atomic E-state index is 0.258. The number of hydrogen-bond donors (Lipinski definition) is 0. The lowest BCUT2D eigenvalue weighted by molar-refractivity contribution is -0.139. The first-order chi connectivity index (χ1) is 12.0. The van der Waals surface area contributed by atoms with Gasteiger partial charge < -0.3 is 9.47 Å². The molecule has 0 saturated heterocycles. The predicted molar refractivity (Wildman–Crippen MR) is 104 cm³/mol. The van der Waals surface area contributed by atoms with Crippen LogP contribution < -0.4 is 0 Å². The second kappa shape index (κ2) is 20.5. The molecule has 4 nitrogen and oxygen atoms in total. The van der Waals surface area contributed by atoms with Gasteiger partial charge in [-0.3, -0.25) is 0 Å². The Labute approximate surface area is 154 Å². The van der Waals surface area contributed by atoms with Crippen LogP contribution in [0.1, 0.15) is 85.0 Å². The molecule has 25 heavy (non-hydrogen) atoms. The van der Waals surface area contributed by atoms with Gasteiger partial charge in [-0.15, -0.1) is 0 Å². The van der Waals surface area contributed by atoms with Crippen molar-refractivity contribution in [2.24, 2.45) is 0 Å². The van der Waals surface area contributed by atoms with Gasteiger partial charge in [0.15, 0.2) is 0 Å². The summed E-state index contributed by atoms with van der Waals surface area (Å²) < 4.78 is 9.47. The van der Waals surface area contributed by atoms with Gasteiger partial charge in [-0.2, -0.15) is 0 Å². The lowest BCUT2D eigenvalue weighted by atomic mass is 10.1. The second-order valence-electron chi connectivity index (χ2n) is 6.05. The van der Waals surface area contributed by atoms with E-state index in [1.807, 2.05) is 0 Å². The summed E-state index contributed by atoms with van der Waals surface area (Å²) in [6.07, 6.45) is 14.1. The van der Waals surface area contributed by atoms with Crippen LogP contribution in [0.2, 0.25) is 0 Å². The fraction of sp³-hybridized carbons (Fsp3) is 0.714. The monoisotopic (exact) mass is 354 g/mol. The van der Waals surface area contributed by atoms with Crippen molar-refractivity contribution in [1.29, 1.82) is 0 Å². The zero-order valence-corrected chi connectivity index (χ0v) is 16.6. The molecule has 0 aromatic rings. The highest BCUT2D eigenvalue weighted by atomic mass is 16.5. The molecule has 0 unspecified atom stereocenters. The van der Waals surface area contributed by atoms with Crippen molar-refractivity contribution in [3.8, 4) is 0 Å². The van der Waals surface area contributed by atoms with Crippen LogP contribution in [0, 0.1) is 0 Å². The molecule has 0 bridgehead atoms. The van der Waals surface area contributed by atoms with E-state index < -0.39 is 0 Å². The number of unbranched alkanes of at least 4 members (excludes halogenated alkanes) is 9. The van der Waals surface area contributed by atoms with Gasteiger partial charge in [0, 0.05) is 11.6 Å². The Bertz CT molecular complexity index is 361. The molecule has 0 aromatic carbocycles. The summed E-state index contributed by atoms with van der Waals surface area (Å²) in [6.45, 7) is 13.4. The molecule has 0 fully saturated rings. The molecule has 0 spiro atoms. The van der Waals surface area contributed by atoms with Gasteiger partial charge in [0.25, 0.3) is 0 Å². The second-order valence-corrected chi connectivity index (χ2v) is 6.05. The molecule has 0 heterocycles. The van der Waals surface area contributed by atoms with Gasteiger partial charge in [-0.05, 0) is 20.3 Å². The maximum absolute atomic E-state index is 11.1. The van der Waals surface area contributed by atoms with Crippen molar-refractivity contribution < 1.29 is 19.1 Å². The average Bonchev–Trinajstić information content (AvgIpc) is 2.60. The van der Waals surface area contributed by atoms with E-state index in [1.165, 1.54) is 57.8 Å². The quantitative estimate of drug-likeness (QED) is 0.226. The van der Waals surface area contributed by atoms with Crippen molar-refractivity contribution in [3.05, 3.63) is 24.8 Å². The Balaban J connectivity index is 0. The number of esters is 2. The number of ether oxygens (including phenoxy) is 2. The van der Waals surface area contributed by atoms with E-state index in [-0.39, 0.29) is 11.9 Å². The highest BCUT2D eigenvalue weighted by molar-refractivity contribution is 5.86. The molecular formula is C21H38O4. The summed E-state index contributed by atoms with van der Waals surface area (Å²) in [6, 6.07) is 0. The van der Waals surface area contributed by atoms with E-state index in [9.17, 15) is 9.59 Å². The average molecular weight is 355 g/mol. The zero-order valence-electron chi connectivity index (χ0n) is 16.6. The van der Waals surface area contributed by atoms with E-state index >= 15 is 0 Å². The van der Waals surface area contributed by atoms with E-state index in [0.717, 1.165) is 12.5 Å².